The van der Waals surface area contributed by atoms with Gasteiger partial charge in [-0.15, -0.1) is 0 Å². The molecule has 0 fully saturated rings. The molecular weight excluding hydrogens is 258 g/mol. The van der Waals surface area contributed by atoms with Gasteiger partial charge in [0.25, 0.3) is 0 Å². The molecule has 4 heteroatoms. The van der Waals surface area contributed by atoms with Gasteiger partial charge in [0.15, 0.2) is 0 Å². The first-order chi connectivity index (χ1) is 9.66. The van der Waals surface area contributed by atoms with Crippen LogP contribution in [0, 0.1) is 18.6 Å². The van der Waals surface area contributed by atoms with Crippen LogP contribution in [0.15, 0.2) is 54.9 Å². The molecule has 0 amide bonds. The van der Waals surface area contributed by atoms with E-state index < -0.39 is 11.6 Å². The summed E-state index contributed by atoms with van der Waals surface area (Å²) in [6.07, 6.45) is 3.37. The lowest BCUT2D eigenvalue weighted by molar-refractivity contribution is 0.584. The SMILES string of the molecule is Cc1ccccc1-n1ccnc1-c1ccc(F)cc1F. The Morgan fingerprint density at radius 3 is 2.60 bits per heavy atom. The molecule has 0 radical (unpaired) electrons. The normalized spacial score (nSPS) is 10.8. The van der Waals surface area contributed by atoms with E-state index in [9.17, 15) is 8.78 Å². The summed E-state index contributed by atoms with van der Waals surface area (Å²) in [5.41, 5.74) is 2.25. The summed E-state index contributed by atoms with van der Waals surface area (Å²) in [6, 6.07) is 11.3. The average molecular weight is 270 g/mol. The second-order valence-electron chi connectivity index (χ2n) is 4.53. The Morgan fingerprint density at radius 2 is 1.85 bits per heavy atom. The molecule has 0 aliphatic carbocycles. The van der Waals surface area contributed by atoms with Crippen molar-refractivity contribution in [3.63, 3.8) is 0 Å². The van der Waals surface area contributed by atoms with Gasteiger partial charge in [0.05, 0.1) is 5.56 Å². The van der Waals surface area contributed by atoms with Crippen molar-refractivity contribution in [2.24, 2.45) is 0 Å². The summed E-state index contributed by atoms with van der Waals surface area (Å²) < 4.78 is 28.7. The van der Waals surface area contributed by atoms with Crippen LogP contribution in [0.1, 0.15) is 5.56 Å². The third-order valence-electron chi connectivity index (χ3n) is 3.19. The van der Waals surface area contributed by atoms with Crippen molar-refractivity contribution in [3.05, 3.63) is 72.1 Å². The highest BCUT2D eigenvalue weighted by atomic mass is 19.1. The van der Waals surface area contributed by atoms with E-state index in [1.165, 1.54) is 12.1 Å². The van der Waals surface area contributed by atoms with Crippen LogP contribution in [-0.2, 0) is 0 Å². The lowest BCUT2D eigenvalue weighted by Gasteiger charge is -2.11. The summed E-state index contributed by atoms with van der Waals surface area (Å²) in [5.74, 6) is -0.761. The number of nitrogens with zero attached hydrogens (tertiary/aromatic N) is 2. The molecule has 0 saturated heterocycles. The molecule has 0 saturated carbocycles. The smallest absolute Gasteiger partial charge is 0.147 e. The Bertz CT molecular complexity index is 763. The molecule has 3 aromatic rings. The standard InChI is InChI=1S/C16H12F2N2/c1-11-4-2-3-5-15(11)20-9-8-19-16(20)13-7-6-12(17)10-14(13)18/h2-10H,1H3. The molecule has 1 heterocycles. The fourth-order valence-corrected chi connectivity index (χ4v) is 2.20. The number of aromatic nitrogens is 2. The molecule has 0 aliphatic heterocycles. The molecule has 1 aromatic heterocycles. The Labute approximate surface area is 115 Å². The van der Waals surface area contributed by atoms with Crippen molar-refractivity contribution >= 4 is 0 Å². The number of hydrogen-bond donors (Lipinski definition) is 0. The van der Waals surface area contributed by atoms with E-state index in [4.69, 9.17) is 0 Å². The van der Waals surface area contributed by atoms with Gasteiger partial charge >= 0.3 is 0 Å². The highest BCUT2D eigenvalue weighted by Crippen LogP contribution is 2.25. The number of para-hydroxylation sites is 1. The van der Waals surface area contributed by atoms with Crippen LogP contribution in [0.2, 0.25) is 0 Å². The topological polar surface area (TPSA) is 17.8 Å². The van der Waals surface area contributed by atoms with Crippen molar-refractivity contribution in [1.82, 2.24) is 9.55 Å². The van der Waals surface area contributed by atoms with Crippen molar-refractivity contribution in [2.45, 2.75) is 6.92 Å². The highest BCUT2D eigenvalue weighted by Gasteiger charge is 2.13. The largest absolute Gasteiger partial charge is 0.299 e. The molecule has 0 N–H and O–H groups in total. The Balaban J connectivity index is 2.18. The van der Waals surface area contributed by atoms with Crippen LogP contribution < -0.4 is 0 Å². The minimum Gasteiger partial charge on any atom is -0.299 e. The van der Waals surface area contributed by atoms with Gasteiger partial charge < -0.3 is 0 Å². The lowest BCUT2D eigenvalue weighted by atomic mass is 10.1. The second-order valence-corrected chi connectivity index (χ2v) is 4.53. The van der Waals surface area contributed by atoms with Crippen LogP contribution in [0.5, 0.6) is 0 Å². The Kier molecular flexibility index (Phi) is 3.06. The molecular formula is C16H12F2N2. The first kappa shape index (κ1) is 12.5. The number of halogens is 2. The fraction of sp³-hybridized carbons (Fsp3) is 0.0625. The summed E-state index contributed by atoms with van der Waals surface area (Å²) in [5, 5.41) is 0. The molecule has 0 aliphatic rings. The minimum atomic E-state index is -0.619. The molecule has 100 valence electrons. The fourth-order valence-electron chi connectivity index (χ4n) is 2.20. The first-order valence-electron chi connectivity index (χ1n) is 6.21. The zero-order chi connectivity index (χ0) is 14.1. The van der Waals surface area contributed by atoms with Crippen LogP contribution in [0.25, 0.3) is 17.1 Å². The molecule has 0 unspecified atom stereocenters. The maximum atomic E-state index is 13.9. The van der Waals surface area contributed by atoms with Gasteiger partial charge in [0, 0.05) is 24.1 Å². The van der Waals surface area contributed by atoms with E-state index in [0.29, 0.717) is 5.82 Å². The quantitative estimate of drug-likeness (QED) is 0.684. The van der Waals surface area contributed by atoms with E-state index in [-0.39, 0.29) is 5.56 Å². The van der Waals surface area contributed by atoms with Crippen molar-refractivity contribution in [1.29, 1.82) is 0 Å². The Morgan fingerprint density at radius 1 is 1.05 bits per heavy atom. The van der Waals surface area contributed by atoms with Crippen LogP contribution in [0.4, 0.5) is 8.78 Å². The number of benzene rings is 2. The van der Waals surface area contributed by atoms with E-state index in [1.54, 1.807) is 17.0 Å². The lowest BCUT2D eigenvalue weighted by Crippen LogP contribution is -2.00. The molecule has 2 nitrogen and oxygen atoms in total. The molecule has 0 atom stereocenters. The Hall–Kier alpha value is -2.49. The van der Waals surface area contributed by atoms with Gasteiger partial charge in [-0.3, -0.25) is 4.57 Å². The highest BCUT2D eigenvalue weighted by molar-refractivity contribution is 5.60. The second kappa shape index (κ2) is 4.89. The third kappa shape index (κ3) is 2.09. The van der Waals surface area contributed by atoms with Crippen LogP contribution >= 0.6 is 0 Å². The minimum absolute atomic E-state index is 0.277. The van der Waals surface area contributed by atoms with E-state index in [0.717, 1.165) is 17.3 Å². The van der Waals surface area contributed by atoms with Gasteiger partial charge in [-0.25, -0.2) is 13.8 Å². The van der Waals surface area contributed by atoms with Crippen molar-refractivity contribution < 1.29 is 8.78 Å². The van der Waals surface area contributed by atoms with E-state index >= 15 is 0 Å². The van der Waals surface area contributed by atoms with Crippen LogP contribution in [0.3, 0.4) is 0 Å². The van der Waals surface area contributed by atoms with Gasteiger partial charge in [-0.05, 0) is 30.7 Å². The zero-order valence-electron chi connectivity index (χ0n) is 10.8. The summed E-state index contributed by atoms with van der Waals surface area (Å²) in [7, 11) is 0. The van der Waals surface area contributed by atoms with E-state index in [2.05, 4.69) is 4.98 Å². The summed E-state index contributed by atoms with van der Waals surface area (Å²) >= 11 is 0. The number of hydrogen-bond acceptors (Lipinski definition) is 1. The number of aryl methyl sites for hydroxylation is 1. The number of imidazole rings is 1. The van der Waals surface area contributed by atoms with Crippen molar-refractivity contribution in [3.8, 4) is 17.1 Å². The number of rotatable bonds is 2. The van der Waals surface area contributed by atoms with Crippen molar-refractivity contribution in [2.75, 3.05) is 0 Å². The molecule has 0 spiro atoms. The predicted molar refractivity (Wildman–Crippen MR) is 73.7 cm³/mol. The van der Waals surface area contributed by atoms with Gasteiger partial charge in [0.2, 0.25) is 0 Å². The first-order valence-corrected chi connectivity index (χ1v) is 6.21. The van der Waals surface area contributed by atoms with Gasteiger partial charge in [-0.2, -0.15) is 0 Å². The molecule has 0 bridgehead atoms. The zero-order valence-corrected chi connectivity index (χ0v) is 10.8. The third-order valence-corrected chi connectivity index (χ3v) is 3.19. The van der Waals surface area contributed by atoms with E-state index in [1.807, 2.05) is 31.2 Å². The monoisotopic (exact) mass is 270 g/mol. The maximum Gasteiger partial charge on any atom is 0.147 e. The van der Waals surface area contributed by atoms with Gasteiger partial charge in [-0.1, -0.05) is 18.2 Å². The maximum absolute atomic E-state index is 13.9. The summed E-state index contributed by atoms with van der Waals surface area (Å²) in [4.78, 5) is 4.19. The molecule has 2 aromatic carbocycles. The average Bonchev–Trinajstić information content (AvgIpc) is 2.88. The van der Waals surface area contributed by atoms with Crippen LogP contribution in [-0.4, -0.2) is 9.55 Å². The predicted octanol–water partition coefficient (Wildman–Crippen LogP) is 4.13. The molecule has 3 rings (SSSR count). The summed E-state index contributed by atoms with van der Waals surface area (Å²) in [6.45, 7) is 1.97. The van der Waals surface area contributed by atoms with Gasteiger partial charge in [0.1, 0.15) is 17.5 Å². The molecule has 20 heavy (non-hydrogen) atoms.